The Kier molecular flexibility index (Phi) is 7.40. The van der Waals surface area contributed by atoms with Gasteiger partial charge in [-0.25, -0.2) is 4.79 Å². The Labute approximate surface area is 95.1 Å². The predicted octanol–water partition coefficient (Wildman–Crippen LogP) is 1.47. The van der Waals surface area contributed by atoms with Gasteiger partial charge < -0.3 is 15.7 Å². The lowest BCUT2D eigenvalue weighted by molar-refractivity contribution is 0.194. The third-order valence-electron chi connectivity index (χ3n) is 1.75. The van der Waals surface area contributed by atoms with Crippen molar-refractivity contribution in [3.8, 4) is 0 Å². The molecule has 0 aromatic heterocycles. The van der Waals surface area contributed by atoms with Crippen LogP contribution in [0.3, 0.4) is 0 Å². The maximum atomic E-state index is 10.1. The summed E-state index contributed by atoms with van der Waals surface area (Å²) < 4.78 is 0. The Balaban J connectivity index is 0.00000196. The zero-order chi connectivity index (χ0) is 10.2. The number of carbonyl (C=O) groups is 1. The molecule has 0 radical (unpaired) electrons. The zero-order valence-electron chi connectivity index (χ0n) is 8.27. The molecule has 84 valence electrons. The molecule has 5 heteroatoms. The smallest absolute Gasteiger partial charge is 0.404 e. The van der Waals surface area contributed by atoms with E-state index in [1.165, 1.54) is 5.56 Å². The molecule has 0 atom stereocenters. The Morgan fingerprint density at radius 1 is 1.20 bits per heavy atom. The molecule has 15 heavy (non-hydrogen) atoms. The van der Waals surface area contributed by atoms with Gasteiger partial charge in [-0.1, -0.05) is 30.3 Å². The van der Waals surface area contributed by atoms with Gasteiger partial charge in [0.05, 0.1) is 0 Å². The van der Waals surface area contributed by atoms with E-state index in [1.807, 2.05) is 30.3 Å². The van der Waals surface area contributed by atoms with Crippen LogP contribution in [0, 0.1) is 0 Å². The molecule has 0 heterocycles. The van der Waals surface area contributed by atoms with E-state index in [0.717, 1.165) is 6.54 Å². The molecule has 1 amide bonds. The van der Waals surface area contributed by atoms with E-state index in [2.05, 4.69) is 10.6 Å². The first-order chi connectivity index (χ1) is 6.79. The first kappa shape index (κ1) is 13.7. The summed E-state index contributed by atoms with van der Waals surface area (Å²) in [7, 11) is 0. The van der Waals surface area contributed by atoms with Gasteiger partial charge in [0.25, 0.3) is 0 Å². The molecule has 1 aromatic carbocycles. The van der Waals surface area contributed by atoms with Gasteiger partial charge in [-0.15, -0.1) is 12.4 Å². The molecule has 1 rings (SSSR count). The summed E-state index contributed by atoms with van der Waals surface area (Å²) in [6, 6.07) is 9.98. The number of hydrogen-bond acceptors (Lipinski definition) is 2. The minimum absolute atomic E-state index is 0. The van der Waals surface area contributed by atoms with Gasteiger partial charge in [0.15, 0.2) is 0 Å². The van der Waals surface area contributed by atoms with Crippen LogP contribution in [0.4, 0.5) is 4.79 Å². The standard InChI is InChI=1S/C10H14N2O2.ClH/c13-10(14)12-7-6-11-8-9-4-2-1-3-5-9;/h1-5,11-12H,6-8H2,(H,13,14);1H. The lowest BCUT2D eigenvalue weighted by Crippen LogP contribution is -2.30. The number of hydrogen-bond donors (Lipinski definition) is 3. The van der Waals surface area contributed by atoms with Gasteiger partial charge in [0.1, 0.15) is 0 Å². The minimum Gasteiger partial charge on any atom is -0.465 e. The summed E-state index contributed by atoms with van der Waals surface area (Å²) in [6.45, 7) is 1.84. The van der Waals surface area contributed by atoms with Crippen molar-refractivity contribution in [2.24, 2.45) is 0 Å². The van der Waals surface area contributed by atoms with E-state index in [-0.39, 0.29) is 12.4 Å². The van der Waals surface area contributed by atoms with Gasteiger partial charge in [0, 0.05) is 19.6 Å². The molecule has 0 spiro atoms. The molecule has 0 fully saturated rings. The summed E-state index contributed by atoms with van der Waals surface area (Å²) in [5, 5.41) is 13.7. The summed E-state index contributed by atoms with van der Waals surface area (Å²) in [5.41, 5.74) is 1.20. The van der Waals surface area contributed by atoms with Gasteiger partial charge in [-0.2, -0.15) is 0 Å². The van der Waals surface area contributed by atoms with Crippen molar-refractivity contribution in [3.63, 3.8) is 0 Å². The maximum absolute atomic E-state index is 10.1. The maximum Gasteiger partial charge on any atom is 0.404 e. The van der Waals surface area contributed by atoms with Crippen molar-refractivity contribution in [1.29, 1.82) is 0 Å². The highest BCUT2D eigenvalue weighted by molar-refractivity contribution is 5.85. The van der Waals surface area contributed by atoms with Crippen molar-refractivity contribution in [3.05, 3.63) is 35.9 Å². The van der Waals surface area contributed by atoms with Crippen LogP contribution in [0.1, 0.15) is 5.56 Å². The van der Waals surface area contributed by atoms with E-state index < -0.39 is 6.09 Å². The molecule has 0 aliphatic carbocycles. The number of benzene rings is 1. The van der Waals surface area contributed by atoms with Gasteiger partial charge >= 0.3 is 6.09 Å². The fourth-order valence-electron chi connectivity index (χ4n) is 1.09. The monoisotopic (exact) mass is 230 g/mol. The molecule has 1 aromatic rings. The Morgan fingerprint density at radius 2 is 1.87 bits per heavy atom. The average Bonchev–Trinajstić information content (AvgIpc) is 2.18. The largest absolute Gasteiger partial charge is 0.465 e. The van der Waals surface area contributed by atoms with Crippen LogP contribution in [0.15, 0.2) is 30.3 Å². The van der Waals surface area contributed by atoms with Crippen LogP contribution >= 0.6 is 12.4 Å². The second-order valence-corrected chi connectivity index (χ2v) is 2.89. The predicted molar refractivity (Wildman–Crippen MR) is 61.4 cm³/mol. The Hall–Kier alpha value is -1.26. The molecule has 0 saturated heterocycles. The van der Waals surface area contributed by atoms with Crippen molar-refractivity contribution >= 4 is 18.5 Å². The quantitative estimate of drug-likeness (QED) is 0.672. The van der Waals surface area contributed by atoms with E-state index in [1.54, 1.807) is 0 Å². The summed E-state index contributed by atoms with van der Waals surface area (Å²) in [6.07, 6.45) is -0.980. The van der Waals surface area contributed by atoms with Gasteiger partial charge in [-0.05, 0) is 5.56 Å². The third-order valence-corrected chi connectivity index (χ3v) is 1.75. The molecule has 0 aliphatic rings. The van der Waals surface area contributed by atoms with Crippen LogP contribution in [-0.4, -0.2) is 24.3 Å². The van der Waals surface area contributed by atoms with Crippen LogP contribution < -0.4 is 10.6 Å². The van der Waals surface area contributed by atoms with Gasteiger partial charge in [0.2, 0.25) is 0 Å². The number of nitrogens with one attached hydrogen (secondary N) is 2. The van der Waals surface area contributed by atoms with Crippen molar-refractivity contribution in [2.75, 3.05) is 13.1 Å². The third kappa shape index (κ3) is 6.76. The first-order valence-electron chi connectivity index (χ1n) is 4.50. The fourth-order valence-corrected chi connectivity index (χ4v) is 1.09. The van der Waals surface area contributed by atoms with E-state index in [0.29, 0.717) is 13.1 Å². The lowest BCUT2D eigenvalue weighted by Gasteiger charge is -2.04. The summed E-state index contributed by atoms with van der Waals surface area (Å²) >= 11 is 0. The molecule has 4 nitrogen and oxygen atoms in total. The molecule has 0 bridgehead atoms. The molecular weight excluding hydrogens is 216 g/mol. The number of amides is 1. The highest BCUT2D eigenvalue weighted by Crippen LogP contribution is 1.96. The highest BCUT2D eigenvalue weighted by atomic mass is 35.5. The Morgan fingerprint density at radius 3 is 2.47 bits per heavy atom. The summed E-state index contributed by atoms with van der Waals surface area (Å²) in [5.74, 6) is 0. The lowest BCUT2D eigenvalue weighted by atomic mass is 10.2. The number of carboxylic acid groups (broad SMARTS) is 1. The molecular formula is C10H15ClN2O2. The van der Waals surface area contributed by atoms with Crippen molar-refractivity contribution < 1.29 is 9.90 Å². The minimum atomic E-state index is -0.980. The van der Waals surface area contributed by atoms with Crippen LogP contribution in [-0.2, 0) is 6.54 Å². The SMILES string of the molecule is Cl.O=C(O)NCCNCc1ccccc1. The molecule has 0 saturated carbocycles. The first-order valence-corrected chi connectivity index (χ1v) is 4.50. The van der Waals surface area contributed by atoms with Gasteiger partial charge in [-0.3, -0.25) is 0 Å². The Bertz CT molecular complexity index is 280. The highest BCUT2D eigenvalue weighted by Gasteiger charge is 1.93. The van der Waals surface area contributed by atoms with Crippen LogP contribution in [0.2, 0.25) is 0 Å². The van der Waals surface area contributed by atoms with E-state index >= 15 is 0 Å². The summed E-state index contributed by atoms with van der Waals surface area (Å²) in [4.78, 5) is 10.1. The molecule has 0 aliphatic heterocycles. The second kappa shape index (κ2) is 8.08. The van der Waals surface area contributed by atoms with Crippen molar-refractivity contribution in [1.82, 2.24) is 10.6 Å². The van der Waals surface area contributed by atoms with Crippen LogP contribution in [0.25, 0.3) is 0 Å². The molecule has 0 unspecified atom stereocenters. The van der Waals surface area contributed by atoms with Crippen LogP contribution in [0.5, 0.6) is 0 Å². The van der Waals surface area contributed by atoms with E-state index in [9.17, 15) is 4.79 Å². The number of rotatable bonds is 5. The normalized spacial score (nSPS) is 9.07. The number of halogens is 1. The van der Waals surface area contributed by atoms with E-state index in [4.69, 9.17) is 5.11 Å². The molecule has 3 N–H and O–H groups in total. The van der Waals surface area contributed by atoms with Crippen molar-refractivity contribution in [2.45, 2.75) is 6.54 Å². The zero-order valence-corrected chi connectivity index (χ0v) is 9.09. The average molecular weight is 231 g/mol. The topological polar surface area (TPSA) is 61.4 Å². The fraction of sp³-hybridized carbons (Fsp3) is 0.300. The second-order valence-electron chi connectivity index (χ2n) is 2.89.